The molecule has 0 radical (unpaired) electrons. The van der Waals surface area contributed by atoms with E-state index in [4.69, 9.17) is 11.6 Å². The van der Waals surface area contributed by atoms with Crippen LogP contribution in [0, 0.1) is 17.0 Å². The highest BCUT2D eigenvalue weighted by atomic mass is 35.5. The van der Waals surface area contributed by atoms with E-state index in [1.165, 1.54) is 6.07 Å². The Hall–Kier alpha value is -2.47. The van der Waals surface area contributed by atoms with Crippen molar-refractivity contribution < 1.29 is 4.92 Å². The second kappa shape index (κ2) is 4.57. The fraction of sp³-hybridized carbons (Fsp3) is 0.0769. The minimum atomic E-state index is -0.405. The Kier molecular flexibility index (Phi) is 2.87. The number of aromatic nitrogens is 3. The molecule has 0 saturated carbocycles. The Morgan fingerprint density at radius 1 is 1.35 bits per heavy atom. The monoisotopic (exact) mass is 288 g/mol. The highest BCUT2D eigenvalue weighted by molar-refractivity contribution is 6.28. The molecule has 2 heterocycles. The van der Waals surface area contributed by atoms with Crippen LogP contribution in [0.15, 0.2) is 36.7 Å². The Morgan fingerprint density at radius 3 is 2.85 bits per heavy atom. The van der Waals surface area contributed by atoms with Gasteiger partial charge < -0.3 is 4.57 Å². The van der Waals surface area contributed by atoms with Gasteiger partial charge in [0, 0.05) is 29.9 Å². The smallest absolute Gasteiger partial charge is 0.270 e. The standard InChI is InChI=1S/C13H9ClN4O2/c1-8-7-17(12-4-5-15-13(14)16-12)11-3-2-9(18(19)20)6-10(8)11/h2-7H,1H3. The molecule has 0 aliphatic heterocycles. The molecule has 7 heteroatoms. The van der Waals surface area contributed by atoms with Crippen molar-refractivity contribution in [1.29, 1.82) is 0 Å². The predicted molar refractivity (Wildman–Crippen MR) is 75.3 cm³/mol. The van der Waals surface area contributed by atoms with Crippen molar-refractivity contribution in [3.05, 3.63) is 57.6 Å². The molecule has 2 aromatic heterocycles. The summed E-state index contributed by atoms with van der Waals surface area (Å²) in [6, 6.07) is 6.47. The normalized spacial score (nSPS) is 10.9. The van der Waals surface area contributed by atoms with Gasteiger partial charge in [0.2, 0.25) is 5.28 Å². The molecule has 0 unspecified atom stereocenters. The number of nitrogens with zero attached hydrogens (tertiary/aromatic N) is 4. The molecule has 0 spiro atoms. The minimum absolute atomic E-state index is 0.0686. The van der Waals surface area contributed by atoms with Crippen LogP contribution in [-0.4, -0.2) is 19.5 Å². The first-order valence-corrected chi connectivity index (χ1v) is 6.19. The van der Waals surface area contributed by atoms with Crippen LogP contribution in [0.4, 0.5) is 5.69 Å². The van der Waals surface area contributed by atoms with Crippen LogP contribution in [0.3, 0.4) is 0 Å². The minimum Gasteiger partial charge on any atom is -0.301 e. The van der Waals surface area contributed by atoms with E-state index in [0.29, 0.717) is 5.82 Å². The maximum Gasteiger partial charge on any atom is 0.270 e. The summed E-state index contributed by atoms with van der Waals surface area (Å²) in [6.07, 6.45) is 3.43. The third-order valence-electron chi connectivity index (χ3n) is 3.06. The molecule has 0 bridgehead atoms. The Labute approximate surface area is 118 Å². The van der Waals surface area contributed by atoms with E-state index in [0.717, 1.165) is 16.5 Å². The molecule has 0 atom stereocenters. The van der Waals surface area contributed by atoms with E-state index in [1.54, 1.807) is 24.4 Å². The van der Waals surface area contributed by atoms with Crippen LogP contribution in [0.5, 0.6) is 0 Å². The maximum atomic E-state index is 10.8. The summed E-state index contributed by atoms with van der Waals surface area (Å²) in [5.41, 5.74) is 1.83. The van der Waals surface area contributed by atoms with Gasteiger partial charge in [0.25, 0.3) is 5.69 Å². The number of hydrogen-bond acceptors (Lipinski definition) is 4. The molecule has 20 heavy (non-hydrogen) atoms. The van der Waals surface area contributed by atoms with Crippen molar-refractivity contribution in [2.75, 3.05) is 0 Å². The van der Waals surface area contributed by atoms with Gasteiger partial charge >= 0.3 is 0 Å². The van der Waals surface area contributed by atoms with Gasteiger partial charge in [-0.15, -0.1) is 0 Å². The zero-order valence-corrected chi connectivity index (χ0v) is 11.2. The number of aryl methyl sites for hydroxylation is 1. The lowest BCUT2D eigenvalue weighted by molar-refractivity contribution is -0.384. The average Bonchev–Trinajstić information content (AvgIpc) is 2.76. The van der Waals surface area contributed by atoms with Crippen molar-refractivity contribution in [3.63, 3.8) is 0 Å². The lowest BCUT2D eigenvalue weighted by Gasteiger charge is -2.03. The molecule has 0 saturated heterocycles. The SMILES string of the molecule is Cc1cn(-c2ccnc(Cl)n2)c2ccc([N+](=O)[O-])cc12. The molecule has 0 amide bonds. The summed E-state index contributed by atoms with van der Waals surface area (Å²) in [4.78, 5) is 18.4. The molecule has 1 aromatic carbocycles. The Balaban J connectivity index is 2.25. The third-order valence-corrected chi connectivity index (χ3v) is 3.24. The van der Waals surface area contributed by atoms with Crippen LogP contribution in [0.2, 0.25) is 5.28 Å². The molecule has 0 fully saturated rings. The third kappa shape index (κ3) is 2.00. The molecule has 0 N–H and O–H groups in total. The molecular formula is C13H9ClN4O2. The molecule has 0 aliphatic carbocycles. The first kappa shape index (κ1) is 12.6. The maximum absolute atomic E-state index is 10.8. The Bertz CT molecular complexity index is 828. The van der Waals surface area contributed by atoms with Crippen LogP contribution in [0.1, 0.15) is 5.56 Å². The first-order valence-electron chi connectivity index (χ1n) is 5.81. The molecule has 6 nitrogen and oxygen atoms in total. The van der Waals surface area contributed by atoms with Crippen LogP contribution in [-0.2, 0) is 0 Å². The highest BCUT2D eigenvalue weighted by Crippen LogP contribution is 2.27. The van der Waals surface area contributed by atoms with E-state index in [-0.39, 0.29) is 11.0 Å². The van der Waals surface area contributed by atoms with Crippen molar-refractivity contribution >= 4 is 28.2 Å². The zero-order chi connectivity index (χ0) is 14.3. The lowest BCUT2D eigenvalue weighted by Crippen LogP contribution is -1.97. The van der Waals surface area contributed by atoms with E-state index >= 15 is 0 Å². The molecule has 100 valence electrons. The van der Waals surface area contributed by atoms with E-state index in [9.17, 15) is 10.1 Å². The fourth-order valence-corrected chi connectivity index (χ4v) is 2.29. The van der Waals surface area contributed by atoms with Crippen molar-refractivity contribution in [2.24, 2.45) is 0 Å². The number of nitro groups is 1. The molecule has 3 rings (SSSR count). The second-order valence-electron chi connectivity index (χ2n) is 4.32. The topological polar surface area (TPSA) is 73.8 Å². The largest absolute Gasteiger partial charge is 0.301 e. The van der Waals surface area contributed by atoms with E-state index in [2.05, 4.69) is 9.97 Å². The Morgan fingerprint density at radius 2 is 2.15 bits per heavy atom. The molecule has 0 aliphatic rings. The van der Waals surface area contributed by atoms with Gasteiger partial charge in [0.15, 0.2) is 0 Å². The number of fused-ring (bicyclic) bond motifs is 1. The van der Waals surface area contributed by atoms with E-state index in [1.807, 2.05) is 17.7 Å². The van der Waals surface area contributed by atoms with Gasteiger partial charge in [-0.3, -0.25) is 10.1 Å². The number of nitro benzene ring substituents is 1. The molecular weight excluding hydrogens is 280 g/mol. The van der Waals surface area contributed by atoms with E-state index < -0.39 is 4.92 Å². The van der Waals surface area contributed by atoms with Gasteiger partial charge in [0.05, 0.1) is 10.4 Å². The predicted octanol–water partition coefficient (Wildman–Crippen LogP) is 3.29. The number of benzene rings is 1. The zero-order valence-electron chi connectivity index (χ0n) is 10.4. The van der Waals surface area contributed by atoms with Gasteiger partial charge in [-0.2, -0.15) is 4.98 Å². The fourth-order valence-electron chi connectivity index (χ4n) is 2.15. The lowest BCUT2D eigenvalue weighted by atomic mass is 10.2. The number of hydrogen-bond donors (Lipinski definition) is 0. The van der Waals surface area contributed by atoms with Crippen LogP contribution < -0.4 is 0 Å². The summed E-state index contributed by atoms with van der Waals surface area (Å²) in [7, 11) is 0. The summed E-state index contributed by atoms with van der Waals surface area (Å²) in [5, 5.41) is 11.8. The average molecular weight is 289 g/mol. The summed E-state index contributed by atoms with van der Waals surface area (Å²) >= 11 is 5.79. The van der Waals surface area contributed by atoms with Crippen LogP contribution in [0.25, 0.3) is 16.7 Å². The van der Waals surface area contributed by atoms with Crippen LogP contribution >= 0.6 is 11.6 Å². The first-order chi connectivity index (χ1) is 9.56. The summed E-state index contributed by atoms with van der Waals surface area (Å²) in [6.45, 7) is 1.89. The highest BCUT2D eigenvalue weighted by Gasteiger charge is 2.13. The summed E-state index contributed by atoms with van der Waals surface area (Å²) in [5.74, 6) is 0.622. The van der Waals surface area contributed by atoms with Gasteiger partial charge in [0.1, 0.15) is 5.82 Å². The van der Waals surface area contributed by atoms with Gasteiger partial charge in [-0.1, -0.05) is 0 Å². The quantitative estimate of drug-likeness (QED) is 0.412. The number of halogens is 1. The molecule has 3 aromatic rings. The second-order valence-corrected chi connectivity index (χ2v) is 4.66. The number of non-ortho nitro benzene ring substituents is 1. The summed E-state index contributed by atoms with van der Waals surface area (Å²) < 4.78 is 1.84. The van der Waals surface area contributed by atoms with Crippen molar-refractivity contribution in [3.8, 4) is 5.82 Å². The van der Waals surface area contributed by atoms with Crippen molar-refractivity contribution in [2.45, 2.75) is 6.92 Å². The van der Waals surface area contributed by atoms with Crippen molar-refractivity contribution in [1.82, 2.24) is 14.5 Å². The van der Waals surface area contributed by atoms with Gasteiger partial charge in [-0.05, 0) is 36.2 Å². The number of rotatable bonds is 2. The van der Waals surface area contributed by atoms with Gasteiger partial charge in [-0.25, -0.2) is 4.98 Å².